The van der Waals surface area contributed by atoms with Crippen molar-refractivity contribution in [2.75, 3.05) is 28.4 Å². The van der Waals surface area contributed by atoms with E-state index >= 15 is 0 Å². The molecule has 206 valence electrons. The number of benzene rings is 1. The molecule has 0 aliphatic rings. The van der Waals surface area contributed by atoms with Gasteiger partial charge in [-0.05, 0) is 25.2 Å². The Morgan fingerprint density at radius 1 is 1.00 bits per heavy atom. The average molecular weight is 517 g/mol. The van der Waals surface area contributed by atoms with Crippen molar-refractivity contribution < 1.29 is 28.5 Å². The Bertz CT molecular complexity index is 1130. The van der Waals surface area contributed by atoms with Crippen molar-refractivity contribution in [1.82, 2.24) is 0 Å². The number of ether oxygens (including phenoxy) is 4. The van der Waals surface area contributed by atoms with E-state index in [1.165, 1.54) is 20.3 Å². The number of hydrogen-bond donors (Lipinski definition) is 1. The first-order valence-corrected chi connectivity index (χ1v) is 13.0. The number of allylic oxidation sites excluding steroid dienone is 3. The van der Waals surface area contributed by atoms with E-state index in [1.54, 1.807) is 21.1 Å². The summed E-state index contributed by atoms with van der Waals surface area (Å²) in [6.45, 7) is 10.4. The van der Waals surface area contributed by atoms with Gasteiger partial charge >= 0.3 is 0 Å². The fraction of sp³-hybridized carbons (Fsp3) is 0.567. The van der Waals surface area contributed by atoms with Crippen LogP contribution in [0.4, 0.5) is 0 Å². The lowest BCUT2D eigenvalue weighted by Gasteiger charge is -2.32. The monoisotopic (exact) mass is 516 g/mol. The van der Waals surface area contributed by atoms with E-state index in [1.807, 2.05) is 6.08 Å². The van der Waals surface area contributed by atoms with Gasteiger partial charge in [0.05, 0.1) is 26.4 Å². The number of aryl methyl sites for hydroxylation is 1. The quantitative estimate of drug-likeness (QED) is 0.298. The normalized spacial score (nSPS) is 16.2. The van der Waals surface area contributed by atoms with E-state index < -0.39 is 0 Å². The fourth-order valence-electron chi connectivity index (χ4n) is 4.69. The predicted molar refractivity (Wildman–Crippen MR) is 148 cm³/mol. The summed E-state index contributed by atoms with van der Waals surface area (Å²) in [6, 6.07) is 1.49. The second-order valence-electron chi connectivity index (χ2n) is 9.74. The van der Waals surface area contributed by atoms with Gasteiger partial charge in [-0.2, -0.15) is 0 Å². The number of phenolic OH excluding ortho intramolecular Hbond substituents is 1. The van der Waals surface area contributed by atoms with Gasteiger partial charge in [0.15, 0.2) is 16.8 Å². The van der Waals surface area contributed by atoms with Gasteiger partial charge in [0.1, 0.15) is 16.9 Å². The molecule has 7 heteroatoms. The first-order valence-electron chi connectivity index (χ1n) is 13.0. The highest BCUT2D eigenvalue weighted by Gasteiger charge is 2.29. The highest BCUT2D eigenvalue weighted by atomic mass is 16.5. The standard InChI is InChI=1S/C30H44O7/c1-10-18(2)13-11-12-14-22(33-6)21(5)29(36-9)19(3)15-16-23-20(4)27(31)26-24(34-7)17-25(35-8)28(32)30(26)37-23/h11-14,17-19,21-22,29,32H,10,15-16H2,1-9H3/b13-11-,14-12+/t18-,19-,21+,22?,29+/m0/s1. The highest BCUT2D eigenvalue weighted by molar-refractivity contribution is 5.91. The molecule has 0 spiro atoms. The summed E-state index contributed by atoms with van der Waals surface area (Å²) in [5, 5.41) is 10.9. The van der Waals surface area contributed by atoms with Gasteiger partial charge in [-0.15, -0.1) is 0 Å². The molecule has 5 atom stereocenters. The number of rotatable bonds is 14. The van der Waals surface area contributed by atoms with Crippen LogP contribution in [0.2, 0.25) is 0 Å². The lowest BCUT2D eigenvalue weighted by molar-refractivity contribution is -0.0343. The van der Waals surface area contributed by atoms with Crippen LogP contribution in [0.1, 0.15) is 51.9 Å². The van der Waals surface area contributed by atoms with Crippen molar-refractivity contribution in [1.29, 1.82) is 0 Å². The Labute approximate surface area is 221 Å². The summed E-state index contributed by atoms with van der Waals surface area (Å²) in [6.07, 6.45) is 10.5. The lowest BCUT2D eigenvalue weighted by Crippen LogP contribution is -2.36. The van der Waals surface area contributed by atoms with E-state index in [4.69, 9.17) is 23.4 Å². The second-order valence-corrected chi connectivity index (χ2v) is 9.74. The molecule has 0 bridgehead atoms. The largest absolute Gasteiger partial charge is 0.502 e. The van der Waals surface area contributed by atoms with Crippen LogP contribution < -0.4 is 14.9 Å². The first-order chi connectivity index (χ1) is 17.6. The summed E-state index contributed by atoms with van der Waals surface area (Å²) in [5.74, 6) is 1.57. The van der Waals surface area contributed by atoms with Crippen LogP contribution in [0.5, 0.6) is 17.2 Å². The summed E-state index contributed by atoms with van der Waals surface area (Å²) in [4.78, 5) is 13.2. The topological polar surface area (TPSA) is 87.4 Å². The number of fused-ring (bicyclic) bond motifs is 1. The van der Waals surface area contributed by atoms with E-state index in [-0.39, 0.29) is 51.9 Å². The summed E-state index contributed by atoms with van der Waals surface area (Å²) in [5.41, 5.74) is 0.335. The molecule has 37 heavy (non-hydrogen) atoms. The zero-order valence-corrected chi connectivity index (χ0v) is 23.8. The van der Waals surface area contributed by atoms with Crippen LogP contribution in [0.15, 0.2) is 39.6 Å². The molecule has 0 saturated carbocycles. The maximum atomic E-state index is 13.2. The molecule has 0 amide bonds. The third-order valence-electron chi connectivity index (χ3n) is 7.30. The molecule has 2 aromatic rings. The van der Waals surface area contributed by atoms with Gasteiger partial charge in [0, 0.05) is 38.2 Å². The van der Waals surface area contributed by atoms with Gasteiger partial charge in [-0.25, -0.2) is 0 Å². The van der Waals surface area contributed by atoms with Crippen molar-refractivity contribution in [3.05, 3.63) is 51.9 Å². The van der Waals surface area contributed by atoms with Crippen molar-refractivity contribution in [3.63, 3.8) is 0 Å². The van der Waals surface area contributed by atoms with Gasteiger partial charge in [0.25, 0.3) is 0 Å². The Morgan fingerprint density at radius 2 is 1.65 bits per heavy atom. The lowest BCUT2D eigenvalue weighted by atomic mass is 9.85. The molecule has 1 aromatic heterocycles. The summed E-state index contributed by atoms with van der Waals surface area (Å²) < 4.78 is 28.4. The van der Waals surface area contributed by atoms with Crippen molar-refractivity contribution in [2.45, 2.75) is 66.1 Å². The minimum absolute atomic E-state index is 0.0705. The van der Waals surface area contributed by atoms with Gasteiger partial charge in [0.2, 0.25) is 5.75 Å². The van der Waals surface area contributed by atoms with Crippen LogP contribution in [0, 0.1) is 24.7 Å². The Morgan fingerprint density at radius 3 is 2.22 bits per heavy atom. The third kappa shape index (κ3) is 7.17. The summed E-state index contributed by atoms with van der Waals surface area (Å²) >= 11 is 0. The number of phenols is 1. The first kappa shape index (κ1) is 30.5. The molecular formula is C30H44O7. The van der Waals surface area contributed by atoms with Crippen molar-refractivity contribution >= 4 is 11.0 Å². The highest BCUT2D eigenvalue weighted by Crippen LogP contribution is 2.40. The Hall–Kier alpha value is -2.77. The van der Waals surface area contributed by atoms with E-state index in [2.05, 4.69) is 45.9 Å². The van der Waals surface area contributed by atoms with Crippen LogP contribution >= 0.6 is 0 Å². The zero-order chi connectivity index (χ0) is 27.7. The van der Waals surface area contributed by atoms with Crippen LogP contribution in [0.25, 0.3) is 11.0 Å². The SMILES string of the molecule is CC[C@H](C)/C=C\C=C\C(OC)[C@@H](C)[C@H](OC)[C@@H](C)CCc1oc2c(O)c(OC)cc(OC)c2c(=O)c1C. The van der Waals surface area contributed by atoms with Crippen LogP contribution in [-0.4, -0.2) is 45.8 Å². The third-order valence-corrected chi connectivity index (χ3v) is 7.30. The molecule has 2 rings (SSSR count). The Kier molecular flexibility index (Phi) is 11.7. The maximum Gasteiger partial charge on any atom is 0.202 e. The molecule has 0 radical (unpaired) electrons. The summed E-state index contributed by atoms with van der Waals surface area (Å²) in [7, 11) is 6.33. The second kappa shape index (κ2) is 14.2. The number of aromatic hydroxyl groups is 1. The molecule has 0 aliphatic heterocycles. The van der Waals surface area contributed by atoms with Crippen molar-refractivity contribution in [3.8, 4) is 17.2 Å². The molecule has 1 N–H and O–H groups in total. The molecule has 0 saturated heterocycles. The molecule has 0 aliphatic carbocycles. The zero-order valence-electron chi connectivity index (χ0n) is 23.8. The molecular weight excluding hydrogens is 472 g/mol. The molecule has 7 nitrogen and oxygen atoms in total. The van der Waals surface area contributed by atoms with Gasteiger partial charge in [-0.1, -0.05) is 58.4 Å². The molecule has 1 heterocycles. The maximum absolute atomic E-state index is 13.2. The molecule has 0 fully saturated rings. The molecule has 1 unspecified atom stereocenters. The number of methoxy groups -OCH3 is 4. The van der Waals surface area contributed by atoms with Crippen LogP contribution in [-0.2, 0) is 15.9 Å². The van der Waals surface area contributed by atoms with E-state index in [0.717, 1.165) is 6.42 Å². The minimum Gasteiger partial charge on any atom is -0.502 e. The predicted octanol–water partition coefficient (Wildman–Crippen LogP) is 6.22. The van der Waals surface area contributed by atoms with Crippen LogP contribution in [0.3, 0.4) is 0 Å². The smallest absolute Gasteiger partial charge is 0.202 e. The Balaban J connectivity index is 2.26. The number of hydrogen-bond acceptors (Lipinski definition) is 7. The van der Waals surface area contributed by atoms with E-state index in [0.29, 0.717) is 35.8 Å². The van der Waals surface area contributed by atoms with Gasteiger partial charge in [-0.3, -0.25) is 4.79 Å². The van der Waals surface area contributed by atoms with Crippen molar-refractivity contribution in [2.24, 2.45) is 17.8 Å². The van der Waals surface area contributed by atoms with Gasteiger partial charge < -0.3 is 28.5 Å². The fourth-order valence-corrected chi connectivity index (χ4v) is 4.69. The minimum atomic E-state index is -0.231. The molecule has 1 aromatic carbocycles. The van der Waals surface area contributed by atoms with E-state index in [9.17, 15) is 9.90 Å². The average Bonchev–Trinajstić information content (AvgIpc) is 2.90.